The number of nitrogens with one attached hydrogen (secondary N) is 4. The van der Waals surface area contributed by atoms with E-state index in [1.54, 1.807) is 0 Å². The lowest BCUT2D eigenvalue weighted by atomic mass is 9.89. The summed E-state index contributed by atoms with van der Waals surface area (Å²) in [5.41, 5.74) is 26.8. The zero-order valence-electron chi connectivity index (χ0n) is 52.8. The number of anilines is 8. The number of hydrogen-bond donors (Lipinski definition) is 4. The Kier molecular flexibility index (Phi) is 14.4. The summed E-state index contributed by atoms with van der Waals surface area (Å²) < 4.78 is 5.01. The number of hydrazone groups is 2. The van der Waals surface area contributed by atoms with Crippen molar-refractivity contribution in [2.45, 2.75) is 0 Å². The van der Waals surface area contributed by atoms with Crippen molar-refractivity contribution in [3.8, 4) is 33.4 Å². The molecule has 4 N–H and O–H groups in total. The first-order valence-corrected chi connectivity index (χ1v) is 34.3. The molecule has 8 nitrogen and oxygen atoms in total. The van der Waals surface area contributed by atoms with E-state index in [0.717, 1.165) is 117 Å². The zero-order valence-corrected chi connectivity index (χ0v) is 54.4. The van der Waals surface area contributed by atoms with Crippen LogP contribution in [0.5, 0.6) is 0 Å². The minimum Gasteiger partial charge on any atom is -0.310 e. The van der Waals surface area contributed by atoms with Crippen molar-refractivity contribution in [2.75, 3.05) is 20.7 Å². The van der Waals surface area contributed by atoms with Gasteiger partial charge in [0.25, 0.3) is 0 Å². The van der Waals surface area contributed by atoms with Crippen LogP contribution in [0.25, 0.3) is 107 Å². The molecular weight excluding hydrogens is 1230 g/mol. The number of thiophene rings is 2. The highest BCUT2D eigenvalue weighted by Crippen LogP contribution is 2.47. The highest BCUT2D eigenvalue weighted by Gasteiger charge is 2.25. The molecule has 2 heterocycles. The third kappa shape index (κ3) is 10.5. The lowest BCUT2D eigenvalue weighted by molar-refractivity contribution is 1.29. The molecule has 0 atom stereocenters. The summed E-state index contributed by atoms with van der Waals surface area (Å²) in [6, 6.07) is 108. The second-order valence-corrected chi connectivity index (χ2v) is 26.9. The van der Waals surface area contributed by atoms with Crippen molar-refractivity contribution >= 4 is 165 Å². The molecule has 2 aliphatic carbocycles. The monoisotopic (exact) mass is 1290 g/mol. The molecule has 2 aromatic heterocycles. The number of para-hydroxylation sites is 1. The van der Waals surface area contributed by atoms with E-state index in [9.17, 15) is 10.8 Å². The van der Waals surface area contributed by atoms with Crippen LogP contribution in [0.3, 0.4) is 0 Å². The van der Waals surface area contributed by atoms with Crippen molar-refractivity contribution in [1.82, 2.24) is 0 Å². The van der Waals surface area contributed by atoms with Crippen LogP contribution in [0, 0.1) is 10.8 Å². The van der Waals surface area contributed by atoms with E-state index < -0.39 is 0 Å². The molecule has 462 valence electrons. The SMILES string of the molecule is N=C1/C(=N\Nc2ccccc2)C=Cc2ccc3cc(N(c4ccc(-c5ccc(-c6ccc(N/N=C7/C=Cc8ccc9cc(N(c%10ccc(-c%11ccccc%11)cc%10)c%10cccc%11sc%12ccccc%12c%10%11)ccc9c8C7=N)cc6)cc5)cc4)c4ccc5c(c4)sc4ccccc45)ccc3c21. The molecule has 16 aromatic rings. The molecule has 0 aliphatic heterocycles. The van der Waals surface area contributed by atoms with Gasteiger partial charge in [0.1, 0.15) is 11.4 Å². The Morgan fingerprint density at radius 2 is 0.694 bits per heavy atom. The summed E-state index contributed by atoms with van der Waals surface area (Å²) >= 11 is 3.64. The van der Waals surface area contributed by atoms with Crippen LogP contribution in [-0.2, 0) is 0 Å². The van der Waals surface area contributed by atoms with E-state index in [1.165, 1.54) is 45.9 Å². The lowest BCUT2D eigenvalue weighted by Gasteiger charge is -2.27. The Morgan fingerprint density at radius 3 is 1.28 bits per heavy atom. The molecule has 10 heteroatoms. The van der Waals surface area contributed by atoms with Crippen LogP contribution in [0.1, 0.15) is 22.3 Å². The van der Waals surface area contributed by atoms with Gasteiger partial charge in [-0.15, -0.1) is 22.7 Å². The smallest absolute Gasteiger partial charge is 0.109 e. The second kappa shape index (κ2) is 24.3. The summed E-state index contributed by atoms with van der Waals surface area (Å²) in [5, 5.41) is 37.6. The highest BCUT2D eigenvalue weighted by atomic mass is 32.1. The third-order valence-electron chi connectivity index (χ3n) is 18.9. The van der Waals surface area contributed by atoms with Gasteiger partial charge in [-0.1, -0.05) is 206 Å². The van der Waals surface area contributed by atoms with Crippen LogP contribution in [-0.4, -0.2) is 22.8 Å². The molecule has 0 spiro atoms. The predicted octanol–water partition coefficient (Wildman–Crippen LogP) is 24.4. The van der Waals surface area contributed by atoms with Gasteiger partial charge < -0.3 is 9.80 Å². The highest BCUT2D eigenvalue weighted by molar-refractivity contribution is 7.26. The summed E-state index contributed by atoms with van der Waals surface area (Å²) in [7, 11) is 0. The average Bonchev–Trinajstić information content (AvgIpc) is 1.34. The number of fused-ring (bicyclic) bond motifs is 12. The van der Waals surface area contributed by atoms with Crippen molar-refractivity contribution in [3.05, 3.63) is 338 Å². The summed E-state index contributed by atoms with van der Waals surface area (Å²) in [6.45, 7) is 0. The van der Waals surface area contributed by atoms with Gasteiger partial charge in [-0.25, -0.2) is 0 Å². The van der Waals surface area contributed by atoms with Crippen LogP contribution >= 0.6 is 22.7 Å². The molecule has 0 amide bonds. The molecular formula is C88H58N8S2. The first-order chi connectivity index (χ1) is 48.4. The molecule has 0 unspecified atom stereocenters. The van der Waals surface area contributed by atoms with Gasteiger partial charge in [0, 0.05) is 79.9 Å². The van der Waals surface area contributed by atoms with E-state index in [1.807, 2.05) is 77.3 Å². The molecule has 0 saturated carbocycles. The van der Waals surface area contributed by atoms with Gasteiger partial charge in [0.15, 0.2) is 0 Å². The van der Waals surface area contributed by atoms with Gasteiger partial charge in [-0.3, -0.25) is 21.7 Å². The molecule has 0 saturated heterocycles. The Labute approximate surface area is 574 Å². The quantitative estimate of drug-likeness (QED) is 0.0864. The van der Waals surface area contributed by atoms with Crippen molar-refractivity contribution in [3.63, 3.8) is 0 Å². The van der Waals surface area contributed by atoms with Crippen LogP contribution < -0.4 is 20.7 Å². The number of allylic oxidation sites excluding steroid dienone is 2. The Bertz CT molecular complexity index is 6010. The summed E-state index contributed by atoms with van der Waals surface area (Å²) in [5.74, 6) is 0. The molecule has 2 aliphatic rings. The standard InChI is InChI=1S/C88H58N8S2/c89-87-77(93-91-65-14-5-2-6-15-65)50-36-61-26-28-63-52-69(44-47-72(63)84(61)87)95(71-46-49-75-74-16-7-9-19-80(74)98-83(75)54-71)67-40-32-60(33-41-67)57-24-22-56(23-25-57)58-30-38-66(39-31-58)92-94-78-51-37-62-27-29-64-53-70(45-48-73(64)85(62)88(78)90)96(68-42-34-59(35-43-68)55-12-3-1-4-13-55)79-18-11-21-82-86(79)76-17-8-10-20-81(76)97-82/h1-54,89-92H/b89-87?,90-88?,93-77-,94-78-. The largest absolute Gasteiger partial charge is 0.310 e. The number of hydrogen-bond acceptors (Lipinski definition) is 10. The normalized spacial score (nSPS) is 13.5. The fraction of sp³-hybridized carbons (Fsp3) is 0. The first-order valence-electron chi connectivity index (χ1n) is 32.7. The fourth-order valence-electron chi connectivity index (χ4n) is 14.0. The lowest BCUT2D eigenvalue weighted by Crippen LogP contribution is -2.19. The number of nitrogens with zero attached hydrogens (tertiary/aromatic N) is 4. The van der Waals surface area contributed by atoms with Crippen LogP contribution in [0.2, 0.25) is 0 Å². The van der Waals surface area contributed by atoms with E-state index in [2.05, 4.69) is 299 Å². The van der Waals surface area contributed by atoms with Crippen LogP contribution in [0.15, 0.2) is 326 Å². The van der Waals surface area contributed by atoms with Gasteiger partial charge in [0.05, 0.1) is 28.5 Å². The third-order valence-corrected chi connectivity index (χ3v) is 21.1. The molecule has 18 rings (SSSR count). The molecule has 98 heavy (non-hydrogen) atoms. The van der Waals surface area contributed by atoms with Gasteiger partial charge >= 0.3 is 0 Å². The Hall–Kier alpha value is -12.6. The number of rotatable bonds is 13. The van der Waals surface area contributed by atoms with E-state index in [4.69, 9.17) is 5.10 Å². The maximum atomic E-state index is 9.63. The van der Waals surface area contributed by atoms with Crippen molar-refractivity contribution in [1.29, 1.82) is 10.8 Å². The maximum absolute atomic E-state index is 9.63. The number of benzene rings is 14. The Balaban J connectivity index is 0.592. The van der Waals surface area contributed by atoms with Crippen molar-refractivity contribution in [2.24, 2.45) is 10.2 Å². The van der Waals surface area contributed by atoms with Crippen molar-refractivity contribution < 1.29 is 0 Å². The van der Waals surface area contributed by atoms with Gasteiger partial charge in [-0.05, 0) is 187 Å². The summed E-state index contributed by atoms with van der Waals surface area (Å²) in [6.07, 6.45) is 7.95. The first kappa shape index (κ1) is 58.0. The molecule has 0 bridgehead atoms. The molecule has 0 fully saturated rings. The fourth-order valence-corrected chi connectivity index (χ4v) is 16.3. The van der Waals surface area contributed by atoms with E-state index >= 15 is 0 Å². The van der Waals surface area contributed by atoms with Crippen LogP contribution in [0.4, 0.5) is 45.5 Å². The maximum Gasteiger partial charge on any atom is 0.109 e. The predicted molar refractivity (Wildman–Crippen MR) is 420 cm³/mol. The van der Waals surface area contributed by atoms with Gasteiger partial charge in [-0.2, -0.15) is 10.2 Å². The Morgan fingerprint density at radius 1 is 0.286 bits per heavy atom. The average molecular weight is 1290 g/mol. The minimum atomic E-state index is 0.368. The topological polar surface area (TPSA) is 103 Å². The van der Waals surface area contributed by atoms with E-state index in [0.29, 0.717) is 22.8 Å². The molecule has 0 radical (unpaired) electrons. The minimum absolute atomic E-state index is 0.368. The van der Waals surface area contributed by atoms with Gasteiger partial charge in [0.2, 0.25) is 0 Å². The molecule has 14 aromatic carbocycles. The zero-order chi connectivity index (χ0) is 65.2. The second-order valence-electron chi connectivity index (χ2n) is 24.7. The van der Waals surface area contributed by atoms with E-state index in [-0.39, 0.29) is 0 Å². The summed E-state index contributed by atoms with van der Waals surface area (Å²) in [4.78, 5) is 4.72.